The van der Waals surface area contributed by atoms with E-state index in [-0.39, 0.29) is 11.1 Å². The van der Waals surface area contributed by atoms with Gasteiger partial charge in [0.15, 0.2) is 0 Å². The lowest BCUT2D eigenvalue weighted by atomic mass is 9.97. The maximum atomic E-state index is 13.5. The van der Waals surface area contributed by atoms with Crippen molar-refractivity contribution < 1.29 is 0 Å². The van der Waals surface area contributed by atoms with Gasteiger partial charge in [0.05, 0.1) is 11.1 Å². The Bertz CT molecular complexity index is 980. The summed E-state index contributed by atoms with van der Waals surface area (Å²) in [5.41, 5.74) is 1.95. The van der Waals surface area contributed by atoms with Crippen LogP contribution in [0.5, 0.6) is 0 Å². The summed E-state index contributed by atoms with van der Waals surface area (Å²) in [7, 11) is 0. The summed E-state index contributed by atoms with van der Waals surface area (Å²) in [6, 6.07) is 9.79. The first kappa shape index (κ1) is 16.3. The Morgan fingerprint density at radius 2 is 1.84 bits per heavy atom. The zero-order valence-corrected chi connectivity index (χ0v) is 15.7. The summed E-state index contributed by atoms with van der Waals surface area (Å²) in [6.07, 6.45) is 4.43. The number of anilines is 1. The van der Waals surface area contributed by atoms with E-state index in [1.165, 1.54) is 16.9 Å². The van der Waals surface area contributed by atoms with Crippen molar-refractivity contribution in [2.75, 3.05) is 5.32 Å². The molecule has 1 N–H and O–H groups in total. The van der Waals surface area contributed by atoms with Crippen LogP contribution in [-0.2, 0) is 12.8 Å². The summed E-state index contributed by atoms with van der Waals surface area (Å²) in [5.74, 6) is 0.620. The third-order valence-corrected chi connectivity index (χ3v) is 5.68. The van der Waals surface area contributed by atoms with Gasteiger partial charge in [0.1, 0.15) is 4.83 Å². The topological polar surface area (TPSA) is 46.9 Å². The molecule has 0 saturated heterocycles. The van der Waals surface area contributed by atoms with Crippen LogP contribution in [0.25, 0.3) is 15.9 Å². The van der Waals surface area contributed by atoms with Crippen molar-refractivity contribution >= 4 is 27.5 Å². The summed E-state index contributed by atoms with van der Waals surface area (Å²) >= 11 is 1.69. The molecule has 0 amide bonds. The number of fused-ring (bicyclic) bond motifs is 3. The molecule has 0 radical (unpaired) electrons. The molecule has 0 saturated carbocycles. The fraction of sp³-hybridized carbons (Fsp3) is 0.400. The van der Waals surface area contributed by atoms with Gasteiger partial charge >= 0.3 is 0 Å². The van der Waals surface area contributed by atoms with Crippen LogP contribution in [0.2, 0.25) is 0 Å². The molecule has 4 nitrogen and oxygen atoms in total. The highest BCUT2D eigenvalue weighted by Crippen LogP contribution is 2.34. The standard InChI is InChI=1S/C20H23N3OS/c1-20(2,3)22-19-21-17-16(14-11-7-8-12-15(14)25-17)18(24)23(19)13-9-5-4-6-10-13/h4-6,9-10H,7-8,11-12H2,1-3H3,(H,21,22). The summed E-state index contributed by atoms with van der Waals surface area (Å²) < 4.78 is 1.73. The number of hydrogen-bond donors (Lipinski definition) is 1. The fourth-order valence-electron chi connectivity index (χ4n) is 3.44. The molecule has 25 heavy (non-hydrogen) atoms. The molecule has 130 valence electrons. The van der Waals surface area contributed by atoms with Crippen LogP contribution >= 0.6 is 11.3 Å². The second-order valence-electron chi connectivity index (χ2n) is 7.68. The van der Waals surface area contributed by atoms with E-state index in [0.717, 1.165) is 35.2 Å². The minimum Gasteiger partial charge on any atom is -0.351 e. The van der Waals surface area contributed by atoms with Gasteiger partial charge in [0.2, 0.25) is 5.95 Å². The number of thiophene rings is 1. The van der Waals surface area contributed by atoms with Gasteiger partial charge in [0.25, 0.3) is 5.56 Å². The molecule has 0 atom stereocenters. The zero-order chi connectivity index (χ0) is 17.6. The van der Waals surface area contributed by atoms with Crippen LogP contribution in [0.3, 0.4) is 0 Å². The first-order valence-electron chi connectivity index (χ1n) is 8.85. The average Bonchev–Trinajstić information content (AvgIpc) is 2.92. The molecule has 0 bridgehead atoms. The van der Waals surface area contributed by atoms with Gasteiger partial charge in [-0.15, -0.1) is 11.3 Å². The summed E-state index contributed by atoms with van der Waals surface area (Å²) in [5, 5.41) is 4.24. The van der Waals surface area contributed by atoms with Crippen molar-refractivity contribution in [3.05, 3.63) is 51.1 Å². The molecule has 1 aliphatic carbocycles. The van der Waals surface area contributed by atoms with Gasteiger partial charge in [-0.05, 0) is 64.2 Å². The number of para-hydroxylation sites is 1. The average molecular weight is 353 g/mol. The lowest BCUT2D eigenvalue weighted by Crippen LogP contribution is -2.32. The third kappa shape index (κ3) is 2.97. The normalized spacial score (nSPS) is 14.5. The number of benzene rings is 1. The van der Waals surface area contributed by atoms with Gasteiger partial charge < -0.3 is 5.32 Å². The molecule has 3 aromatic rings. The Morgan fingerprint density at radius 3 is 2.56 bits per heavy atom. The summed E-state index contributed by atoms with van der Waals surface area (Å²) in [4.78, 5) is 20.5. The molecular formula is C20H23N3OS. The second-order valence-corrected chi connectivity index (χ2v) is 8.76. The Kier molecular flexibility index (Phi) is 3.91. The van der Waals surface area contributed by atoms with Crippen molar-refractivity contribution in [3.8, 4) is 5.69 Å². The lowest BCUT2D eigenvalue weighted by Gasteiger charge is -2.24. The van der Waals surface area contributed by atoms with E-state index < -0.39 is 0 Å². The van der Waals surface area contributed by atoms with Crippen molar-refractivity contribution in [1.29, 1.82) is 0 Å². The van der Waals surface area contributed by atoms with Crippen molar-refractivity contribution in [3.63, 3.8) is 0 Å². The van der Waals surface area contributed by atoms with Gasteiger partial charge in [-0.25, -0.2) is 9.55 Å². The molecule has 0 aliphatic heterocycles. The van der Waals surface area contributed by atoms with Crippen LogP contribution in [0, 0.1) is 0 Å². The number of aromatic nitrogens is 2. The van der Waals surface area contributed by atoms with E-state index in [4.69, 9.17) is 4.98 Å². The number of rotatable bonds is 2. The molecule has 0 spiro atoms. The molecule has 5 heteroatoms. The lowest BCUT2D eigenvalue weighted by molar-refractivity contribution is 0.621. The highest BCUT2D eigenvalue weighted by atomic mass is 32.1. The van der Waals surface area contributed by atoms with E-state index in [2.05, 4.69) is 26.1 Å². The van der Waals surface area contributed by atoms with Crippen LogP contribution in [0.15, 0.2) is 35.1 Å². The predicted molar refractivity (Wildman–Crippen MR) is 105 cm³/mol. The van der Waals surface area contributed by atoms with Crippen LogP contribution < -0.4 is 10.9 Å². The van der Waals surface area contributed by atoms with E-state index in [1.54, 1.807) is 15.9 Å². The first-order valence-corrected chi connectivity index (χ1v) is 9.66. The Morgan fingerprint density at radius 1 is 1.12 bits per heavy atom. The van der Waals surface area contributed by atoms with E-state index >= 15 is 0 Å². The minimum atomic E-state index is -0.180. The number of hydrogen-bond acceptors (Lipinski definition) is 4. The van der Waals surface area contributed by atoms with Crippen molar-refractivity contribution in [1.82, 2.24) is 9.55 Å². The molecular weight excluding hydrogens is 330 g/mol. The second kappa shape index (κ2) is 5.99. The van der Waals surface area contributed by atoms with Crippen molar-refractivity contribution in [2.24, 2.45) is 0 Å². The fourth-order valence-corrected chi connectivity index (χ4v) is 4.69. The maximum absolute atomic E-state index is 13.5. The molecule has 4 rings (SSSR count). The number of aryl methyl sites for hydroxylation is 2. The van der Waals surface area contributed by atoms with Gasteiger partial charge in [0, 0.05) is 10.4 Å². The quantitative estimate of drug-likeness (QED) is 0.736. The molecule has 2 heterocycles. The minimum absolute atomic E-state index is 0.0438. The number of nitrogens with one attached hydrogen (secondary N) is 1. The van der Waals surface area contributed by atoms with E-state index in [9.17, 15) is 4.79 Å². The van der Waals surface area contributed by atoms with Crippen LogP contribution in [0.1, 0.15) is 44.1 Å². The highest BCUT2D eigenvalue weighted by molar-refractivity contribution is 7.18. The van der Waals surface area contributed by atoms with Crippen LogP contribution in [0.4, 0.5) is 5.95 Å². The smallest absolute Gasteiger partial charge is 0.268 e. The molecule has 2 aromatic heterocycles. The predicted octanol–water partition coefficient (Wildman–Crippen LogP) is 4.54. The molecule has 0 unspecified atom stereocenters. The third-order valence-electron chi connectivity index (χ3n) is 4.49. The van der Waals surface area contributed by atoms with Gasteiger partial charge in [-0.3, -0.25) is 4.79 Å². The largest absolute Gasteiger partial charge is 0.351 e. The zero-order valence-electron chi connectivity index (χ0n) is 14.9. The highest BCUT2D eigenvalue weighted by Gasteiger charge is 2.24. The molecule has 1 aliphatic rings. The Balaban J connectivity index is 2.03. The maximum Gasteiger partial charge on any atom is 0.268 e. The first-order chi connectivity index (χ1) is 11.9. The van der Waals surface area contributed by atoms with Gasteiger partial charge in [-0.1, -0.05) is 18.2 Å². The molecule has 0 fully saturated rings. The van der Waals surface area contributed by atoms with Crippen molar-refractivity contribution in [2.45, 2.75) is 52.0 Å². The summed E-state index contributed by atoms with van der Waals surface area (Å²) in [6.45, 7) is 6.24. The SMILES string of the molecule is CC(C)(C)Nc1nc2sc3c(c2c(=O)n1-c1ccccc1)CCCC3. The van der Waals surface area contributed by atoms with Gasteiger partial charge in [-0.2, -0.15) is 0 Å². The van der Waals surface area contributed by atoms with Crippen LogP contribution in [-0.4, -0.2) is 15.1 Å². The van der Waals surface area contributed by atoms with E-state index in [1.807, 2.05) is 30.3 Å². The molecule has 1 aromatic carbocycles. The monoisotopic (exact) mass is 353 g/mol. The Labute approximate surface area is 151 Å². The number of nitrogens with zero attached hydrogens (tertiary/aromatic N) is 2. The Hall–Kier alpha value is -2.14. The van der Waals surface area contributed by atoms with E-state index in [0.29, 0.717) is 5.95 Å².